The Morgan fingerprint density at radius 3 is 2.53 bits per heavy atom. The number of hydrogen-bond donors (Lipinski definition) is 1. The van der Waals surface area contributed by atoms with Crippen molar-refractivity contribution >= 4 is 6.09 Å². The van der Waals surface area contributed by atoms with E-state index >= 15 is 0 Å². The van der Waals surface area contributed by atoms with Gasteiger partial charge in [0.1, 0.15) is 5.60 Å². The lowest BCUT2D eigenvalue weighted by molar-refractivity contribution is 0.0497. The van der Waals surface area contributed by atoms with Crippen LogP contribution in [0.25, 0.3) is 0 Å². The molecule has 2 rings (SSSR count). The summed E-state index contributed by atoms with van der Waals surface area (Å²) < 4.78 is 5.23. The van der Waals surface area contributed by atoms with E-state index in [1.165, 1.54) is 6.42 Å². The number of nitrogens with one attached hydrogen (secondary N) is 1. The molecule has 2 bridgehead atoms. The zero-order valence-electron chi connectivity index (χ0n) is 9.62. The molecule has 3 nitrogen and oxygen atoms in total. The van der Waals surface area contributed by atoms with Gasteiger partial charge in [-0.25, -0.2) is 4.79 Å². The van der Waals surface area contributed by atoms with Crippen LogP contribution in [0.15, 0.2) is 12.2 Å². The summed E-state index contributed by atoms with van der Waals surface area (Å²) in [4.78, 5) is 11.5. The summed E-state index contributed by atoms with van der Waals surface area (Å²) in [6.45, 7) is 5.65. The van der Waals surface area contributed by atoms with Crippen molar-refractivity contribution in [2.24, 2.45) is 11.8 Å². The molecule has 0 saturated heterocycles. The van der Waals surface area contributed by atoms with Crippen molar-refractivity contribution in [3.8, 4) is 0 Å². The highest BCUT2D eigenvalue weighted by Gasteiger charge is 2.37. The molecule has 0 aromatic rings. The van der Waals surface area contributed by atoms with Crippen molar-refractivity contribution < 1.29 is 9.53 Å². The third-order valence-corrected chi connectivity index (χ3v) is 2.98. The van der Waals surface area contributed by atoms with Crippen molar-refractivity contribution in [1.29, 1.82) is 0 Å². The smallest absolute Gasteiger partial charge is 0.407 e. The number of carbonyl (C=O) groups excluding carboxylic acids is 1. The van der Waals surface area contributed by atoms with Crippen molar-refractivity contribution in [2.75, 3.05) is 0 Å². The molecule has 2 aliphatic rings. The van der Waals surface area contributed by atoms with Gasteiger partial charge < -0.3 is 10.1 Å². The molecule has 1 saturated carbocycles. The van der Waals surface area contributed by atoms with Crippen LogP contribution in [0.5, 0.6) is 0 Å². The highest BCUT2D eigenvalue weighted by molar-refractivity contribution is 5.68. The van der Waals surface area contributed by atoms with Gasteiger partial charge in [0.15, 0.2) is 0 Å². The Balaban J connectivity index is 1.83. The molecule has 0 radical (unpaired) electrons. The largest absolute Gasteiger partial charge is 0.444 e. The Bertz CT molecular complexity index is 290. The summed E-state index contributed by atoms with van der Waals surface area (Å²) in [7, 11) is 0. The highest BCUT2D eigenvalue weighted by Crippen LogP contribution is 2.38. The van der Waals surface area contributed by atoms with Crippen molar-refractivity contribution in [2.45, 2.75) is 45.3 Å². The van der Waals surface area contributed by atoms with Gasteiger partial charge in [-0.3, -0.25) is 0 Å². The van der Waals surface area contributed by atoms with Gasteiger partial charge in [0, 0.05) is 6.04 Å². The minimum atomic E-state index is -0.405. The van der Waals surface area contributed by atoms with E-state index in [0.717, 1.165) is 6.42 Å². The summed E-state index contributed by atoms with van der Waals surface area (Å²) in [5, 5.41) is 2.95. The predicted octanol–water partition coefficient (Wildman–Crippen LogP) is 2.48. The first-order valence-electron chi connectivity index (χ1n) is 5.62. The van der Waals surface area contributed by atoms with Crippen molar-refractivity contribution in [1.82, 2.24) is 5.32 Å². The van der Waals surface area contributed by atoms with E-state index in [2.05, 4.69) is 17.5 Å². The number of hydrogen-bond acceptors (Lipinski definition) is 2. The van der Waals surface area contributed by atoms with Crippen LogP contribution < -0.4 is 5.32 Å². The van der Waals surface area contributed by atoms with Crippen molar-refractivity contribution in [3.63, 3.8) is 0 Å². The van der Waals surface area contributed by atoms with Crippen LogP contribution in [0.1, 0.15) is 33.6 Å². The van der Waals surface area contributed by atoms with Crippen LogP contribution in [0.4, 0.5) is 4.79 Å². The first-order valence-corrected chi connectivity index (χ1v) is 5.62. The molecule has 3 atom stereocenters. The lowest BCUT2D eigenvalue weighted by Gasteiger charge is -2.24. The summed E-state index contributed by atoms with van der Waals surface area (Å²) in [5.41, 5.74) is -0.405. The van der Waals surface area contributed by atoms with Gasteiger partial charge in [-0.05, 0) is 45.4 Å². The van der Waals surface area contributed by atoms with E-state index in [9.17, 15) is 4.79 Å². The summed E-state index contributed by atoms with van der Waals surface area (Å²) in [5.74, 6) is 1.21. The normalized spacial score (nSPS) is 33.1. The number of alkyl carbamates (subject to hydrolysis) is 1. The van der Waals surface area contributed by atoms with Crippen LogP contribution in [0.3, 0.4) is 0 Å². The van der Waals surface area contributed by atoms with E-state index < -0.39 is 5.60 Å². The topological polar surface area (TPSA) is 38.3 Å². The second kappa shape index (κ2) is 3.54. The van der Waals surface area contributed by atoms with Gasteiger partial charge in [-0.2, -0.15) is 0 Å². The summed E-state index contributed by atoms with van der Waals surface area (Å²) in [6, 6.07) is 0.287. The lowest BCUT2D eigenvalue weighted by atomic mass is 10.0. The molecule has 0 aromatic heterocycles. The zero-order valence-corrected chi connectivity index (χ0v) is 9.62. The Hall–Kier alpha value is -0.990. The van der Waals surface area contributed by atoms with Gasteiger partial charge in [0.05, 0.1) is 0 Å². The molecule has 1 fully saturated rings. The van der Waals surface area contributed by atoms with Crippen LogP contribution >= 0.6 is 0 Å². The second-order valence-corrected chi connectivity index (χ2v) is 5.53. The maximum absolute atomic E-state index is 11.5. The summed E-state index contributed by atoms with van der Waals surface area (Å²) >= 11 is 0. The SMILES string of the molecule is CC(C)(C)OC(=O)N[C@H]1C[C@@H]2C=C[C@H]1C2. The number of allylic oxidation sites excluding steroid dienone is 1. The molecule has 3 heteroatoms. The number of amides is 1. The van der Waals surface area contributed by atoms with E-state index in [-0.39, 0.29) is 12.1 Å². The quantitative estimate of drug-likeness (QED) is 0.674. The molecule has 15 heavy (non-hydrogen) atoms. The molecular weight excluding hydrogens is 190 g/mol. The molecule has 0 aliphatic heterocycles. The fraction of sp³-hybridized carbons (Fsp3) is 0.750. The van der Waals surface area contributed by atoms with E-state index in [4.69, 9.17) is 4.74 Å². The van der Waals surface area contributed by atoms with Gasteiger partial charge in [0.2, 0.25) is 0 Å². The molecule has 84 valence electrons. The Labute approximate surface area is 90.9 Å². The average Bonchev–Trinajstić information content (AvgIpc) is 2.60. The number of fused-ring (bicyclic) bond motifs is 2. The average molecular weight is 209 g/mol. The van der Waals surface area contributed by atoms with Crippen molar-refractivity contribution in [3.05, 3.63) is 12.2 Å². The first-order chi connectivity index (χ1) is 6.94. The molecule has 2 aliphatic carbocycles. The van der Waals surface area contributed by atoms with Gasteiger partial charge >= 0.3 is 6.09 Å². The Kier molecular flexibility index (Phi) is 2.49. The number of ether oxygens (including phenoxy) is 1. The molecular formula is C12H19NO2. The maximum Gasteiger partial charge on any atom is 0.407 e. The fourth-order valence-corrected chi connectivity index (χ4v) is 2.41. The highest BCUT2D eigenvalue weighted by atomic mass is 16.6. The Morgan fingerprint density at radius 2 is 2.07 bits per heavy atom. The van der Waals surface area contributed by atoms with E-state index in [1.54, 1.807) is 0 Å². The maximum atomic E-state index is 11.5. The van der Waals surface area contributed by atoms with Crippen LogP contribution in [0, 0.1) is 11.8 Å². The molecule has 0 spiro atoms. The molecule has 0 unspecified atom stereocenters. The first kappa shape index (κ1) is 10.5. The molecule has 1 N–H and O–H groups in total. The molecule has 0 aromatic carbocycles. The molecule has 1 amide bonds. The van der Waals surface area contributed by atoms with Crippen LogP contribution in [-0.2, 0) is 4.74 Å². The standard InChI is InChI=1S/C12H19NO2/c1-12(2,3)15-11(14)13-10-7-8-4-5-9(10)6-8/h4-5,8-10H,6-7H2,1-3H3,(H,13,14)/t8-,9+,10+/m1/s1. The second-order valence-electron chi connectivity index (χ2n) is 5.53. The van der Waals surface area contributed by atoms with Gasteiger partial charge in [-0.15, -0.1) is 0 Å². The Morgan fingerprint density at radius 1 is 1.33 bits per heavy atom. The minimum Gasteiger partial charge on any atom is -0.444 e. The van der Waals surface area contributed by atoms with Gasteiger partial charge in [-0.1, -0.05) is 12.2 Å². The monoisotopic (exact) mass is 209 g/mol. The zero-order chi connectivity index (χ0) is 11.1. The van der Waals surface area contributed by atoms with Gasteiger partial charge in [0.25, 0.3) is 0 Å². The number of rotatable bonds is 1. The third kappa shape index (κ3) is 2.52. The third-order valence-electron chi connectivity index (χ3n) is 2.98. The number of carbonyl (C=O) groups is 1. The minimum absolute atomic E-state index is 0.284. The van der Waals surface area contributed by atoms with E-state index in [0.29, 0.717) is 11.8 Å². The predicted molar refractivity (Wildman–Crippen MR) is 58.5 cm³/mol. The lowest BCUT2D eigenvalue weighted by Crippen LogP contribution is -2.41. The van der Waals surface area contributed by atoms with Crippen LogP contribution in [-0.4, -0.2) is 17.7 Å². The van der Waals surface area contributed by atoms with Crippen LogP contribution in [0.2, 0.25) is 0 Å². The summed E-state index contributed by atoms with van der Waals surface area (Å²) in [6.07, 6.45) is 6.46. The fourth-order valence-electron chi connectivity index (χ4n) is 2.41. The molecule has 0 heterocycles. The van der Waals surface area contributed by atoms with E-state index in [1.807, 2.05) is 20.8 Å².